The second-order valence-corrected chi connectivity index (χ2v) is 2.77. The largest absolute Gasteiger partial charge is 0.309 e. The third-order valence-corrected chi connectivity index (χ3v) is 2.00. The molecule has 1 atom stereocenters. The minimum Gasteiger partial charge on any atom is -0.309 e. The minimum atomic E-state index is 0.565. The van der Waals surface area contributed by atoms with Crippen LogP contribution in [0.15, 0.2) is 0 Å². The van der Waals surface area contributed by atoms with Crippen LogP contribution in [-0.4, -0.2) is 5.71 Å². The van der Waals surface area contributed by atoms with Crippen LogP contribution in [-0.2, 0) is 0 Å². The van der Waals surface area contributed by atoms with Gasteiger partial charge in [0.1, 0.15) is 0 Å². The van der Waals surface area contributed by atoms with Crippen molar-refractivity contribution in [1.29, 1.82) is 5.41 Å². The maximum absolute atomic E-state index is 7.60. The van der Waals surface area contributed by atoms with Gasteiger partial charge in [0.15, 0.2) is 0 Å². The summed E-state index contributed by atoms with van der Waals surface area (Å²) >= 11 is 0. The molecule has 0 heterocycles. The monoisotopic (exact) mass is 141 g/mol. The van der Waals surface area contributed by atoms with Crippen LogP contribution in [0.1, 0.15) is 46.5 Å². The molecule has 0 rings (SSSR count). The van der Waals surface area contributed by atoms with E-state index >= 15 is 0 Å². The Morgan fingerprint density at radius 2 is 1.90 bits per heavy atom. The molecule has 0 aromatic carbocycles. The molecule has 0 bridgehead atoms. The smallest absolute Gasteiger partial charge is 0.0117 e. The van der Waals surface area contributed by atoms with Crippen LogP contribution >= 0.6 is 0 Å². The van der Waals surface area contributed by atoms with Crippen LogP contribution in [0.4, 0.5) is 0 Å². The van der Waals surface area contributed by atoms with Crippen molar-refractivity contribution in [3.05, 3.63) is 0 Å². The van der Waals surface area contributed by atoms with Crippen LogP contribution in [0.5, 0.6) is 0 Å². The van der Waals surface area contributed by atoms with Crippen molar-refractivity contribution in [1.82, 2.24) is 0 Å². The molecule has 0 saturated heterocycles. The van der Waals surface area contributed by atoms with Gasteiger partial charge >= 0.3 is 0 Å². The molecule has 0 amide bonds. The molecule has 1 unspecified atom stereocenters. The van der Waals surface area contributed by atoms with E-state index in [0.29, 0.717) is 5.92 Å². The van der Waals surface area contributed by atoms with Crippen LogP contribution in [0.3, 0.4) is 0 Å². The van der Waals surface area contributed by atoms with E-state index in [-0.39, 0.29) is 0 Å². The Bertz CT molecular complexity index is 96.9. The summed E-state index contributed by atoms with van der Waals surface area (Å²) in [6, 6.07) is 0. The van der Waals surface area contributed by atoms with Crippen molar-refractivity contribution in [3.8, 4) is 0 Å². The fourth-order valence-electron chi connectivity index (χ4n) is 1.26. The zero-order valence-electron chi connectivity index (χ0n) is 7.41. The second kappa shape index (κ2) is 5.45. The van der Waals surface area contributed by atoms with Crippen molar-refractivity contribution in [3.63, 3.8) is 0 Å². The molecule has 1 nitrogen and oxygen atoms in total. The average Bonchev–Trinajstić information content (AvgIpc) is 1.99. The summed E-state index contributed by atoms with van der Waals surface area (Å²) in [6.45, 7) is 6.43. The molecule has 0 aromatic heterocycles. The summed E-state index contributed by atoms with van der Waals surface area (Å²) < 4.78 is 0. The van der Waals surface area contributed by atoms with Gasteiger partial charge in [-0.25, -0.2) is 0 Å². The van der Waals surface area contributed by atoms with Gasteiger partial charge in [-0.1, -0.05) is 27.2 Å². The summed E-state index contributed by atoms with van der Waals surface area (Å²) in [6.07, 6.45) is 4.48. The molecular weight excluding hydrogens is 122 g/mol. The highest BCUT2D eigenvalue weighted by atomic mass is 14.4. The van der Waals surface area contributed by atoms with E-state index in [2.05, 4.69) is 20.8 Å². The molecule has 1 N–H and O–H groups in total. The van der Waals surface area contributed by atoms with E-state index < -0.39 is 0 Å². The third kappa shape index (κ3) is 3.00. The number of rotatable bonds is 5. The first kappa shape index (κ1) is 9.67. The standard InChI is InChI=1S/C9H19N/c1-4-7-8(5-2)9(10)6-3/h8,10H,4-7H2,1-3H3. The van der Waals surface area contributed by atoms with Crippen LogP contribution in [0, 0.1) is 11.3 Å². The Morgan fingerprint density at radius 1 is 1.30 bits per heavy atom. The molecule has 0 spiro atoms. The van der Waals surface area contributed by atoms with E-state index in [1.54, 1.807) is 0 Å². The maximum Gasteiger partial charge on any atom is 0.0117 e. The zero-order valence-corrected chi connectivity index (χ0v) is 7.41. The highest BCUT2D eigenvalue weighted by Crippen LogP contribution is 2.13. The highest BCUT2D eigenvalue weighted by Gasteiger charge is 2.08. The van der Waals surface area contributed by atoms with Crippen LogP contribution < -0.4 is 0 Å². The summed E-state index contributed by atoms with van der Waals surface area (Å²) in [7, 11) is 0. The highest BCUT2D eigenvalue weighted by molar-refractivity contribution is 5.83. The van der Waals surface area contributed by atoms with Crippen LogP contribution in [0.2, 0.25) is 0 Å². The molecule has 0 saturated carbocycles. The molecule has 0 radical (unpaired) electrons. The van der Waals surface area contributed by atoms with Gasteiger partial charge in [-0.05, 0) is 25.2 Å². The minimum absolute atomic E-state index is 0.565. The fraction of sp³-hybridized carbons (Fsp3) is 0.889. The van der Waals surface area contributed by atoms with Gasteiger partial charge in [-0.15, -0.1) is 0 Å². The van der Waals surface area contributed by atoms with Gasteiger partial charge in [0.05, 0.1) is 0 Å². The molecule has 0 fully saturated rings. The van der Waals surface area contributed by atoms with E-state index in [1.165, 1.54) is 12.8 Å². The van der Waals surface area contributed by atoms with Crippen molar-refractivity contribution in [2.75, 3.05) is 0 Å². The number of hydrogen-bond donors (Lipinski definition) is 1. The Labute approximate surface area is 64.3 Å². The van der Waals surface area contributed by atoms with Crippen molar-refractivity contribution < 1.29 is 0 Å². The van der Waals surface area contributed by atoms with E-state index in [1.807, 2.05) is 0 Å². The van der Waals surface area contributed by atoms with Crippen LogP contribution in [0.25, 0.3) is 0 Å². The lowest BCUT2D eigenvalue weighted by atomic mass is 9.94. The number of hydrogen-bond acceptors (Lipinski definition) is 1. The normalized spacial score (nSPS) is 13.1. The van der Waals surface area contributed by atoms with Gasteiger partial charge in [-0.3, -0.25) is 0 Å². The van der Waals surface area contributed by atoms with Crippen molar-refractivity contribution >= 4 is 5.71 Å². The Morgan fingerprint density at radius 3 is 2.20 bits per heavy atom. The predicted octanol–water partition coefficient (Wildman–Crippen LogP) is 3.24. The quantitative estimate of drug-likeness (QED) is 0.568. The molecular formula is C9H19N. The first-order valence-electron chi connectivity index (χ1n) is 4.33. The average molecular weight is 141 g/mol. The van der Waals surface area contributed by atoms with E-state index in [9.17, 15) is 0 Å². The van der Waals surface area contributed by atoms with Gasteiger partial charge in [-0.2, -0.15) is 0 Å². The van der Waals surface area contributed by atoms with Crippen molar-refractivity contribution in [2.45, 2.75) is 46.5 Å². The summed E-state index contributed by atoms with van der Waals surface area (Å²) in [5, 5.41) is 7.60. The molecule has 0 aliphatic heterocycles. The Hall–Kier alpha value is -0.330. The van der Waals surface area contributed by atoms with Gasteiger partial charge in [0.25, 0.3) is 0 Å². The molecule has 0 aliphatic rings. The maximum atomic E-state index is 7.60. The summed E-state index contributed by atoms with van der Waals surface area (Å²) in [4.78, 5) is 0. The first-order valence-corrected chi connectivity index (χ1v) is 4.33. The van der Waals surface area contributed by atoms with Crippen molar-refractivity contribution in [2.24, 2.45) is 5.92 Å². The molecule has 10 heavy (non-hydrogen) atoms. The fourth-order valence-corrected chi connectivity index (χ4v) is 1.26. The number of nitrogens with one attached hydrogen (secondary N) is 1. The summed E-state index contributed by atoms with van der Waals surface area (Å²) in [5.41, 5.74) is 0.935. The molecule has 60 valence electrons. The lowest BCUT2D eigenvalue weighted by Crippen LogP contribution is -2.10. The lowest BCUT2D eigenvalue weighted by molar-refractivity contribution is 0.584. The SMILES string of the molecule is CCCC(CC)C(=N)CC. The summed E-state index contributed by atoms with van der Waals surface area (Å²) in [5.74, 6) is 0.565. The van der Waals surface area contributed by atoms with Gasteiger partial charge < -0.3 is 5.41 Å². The molecule has 0 aromatic rings. The van der Waals surface area contributed by atoms with Gasteiger partial charge in [0, 0.05) is 5.71 Å². The first-order chi connectivity index (χ1) is 4.76. The Kier molecular flexibility index (Phi) is 5.27. The second-order valence-electron chi connectivity index (χ2n) is 2.77. The molecule has 0 aliphatic carbocycles. The van der Waals surface area contributed by atoms with Gasteiger partial charge in [0.2, 0.25) is 0 Å². The van der Waals surface area contributed by atoms with E-state index in [4.69, 9.17) is 5.41 Å². The topological polar surface area (TPSA) is 23.9 Å². The third-order valence-electron chi connectivity index (χ3n) is 2.00. The van der Waals surface area contributed by atoms with E-state index in [0.717, 1.165) is 18.6 Å². The predicted molar refractivity (Wildman–Crippen MR) is 46.7 cm³/mol. The zero-order chi connectivity index (χ0) is 7.98. The lowest BCUT2D eigenvalue weighted by Gasteiger charge is -2.12. The molecule has 1 heteroatoms. The Balaban J connectivity index is 3.68.